The molecule has 0 bridgehead atoms. The molecular formula is C17H16N4O5. The first-order valence-corrected chi connectivity index (χ1v) is 7.54. The summed E-state index contributed by atoms with van der Waals surface area (Å²) < 4.78 is 6.17. The molecule has 9 heteroatoms. The lowest BCUT2D eigenvalue weighted by atomic mass is 10.1. The van der Waals surface area contributed by atoms with Crippen LogP contribution in [0.25, 0.3) is 0 Å². The number of aryl methyl sites for hydroxylation is 1. The Labute approximate surface area is 148 Å². The number of hydrogen-bond donors (Lipinski definition) is 1. The van der Waals surface area contributed by atoms with E-state index >= 15 is 0 Å². The number of non-ortho nitro benzene ring substituents is 1. The molecule has 0 unspecified atom stereocenters. The zero-order valence-electron chi connectivity index (χ0n) is 14.2. The second-order valence-electron chi connectivity index (χ2n) is 5.47. The third kappa shape index (κ3) is 4.12. The number of nitriles is 1. The summed E-state index contributed by atoms with van der Waals surface area (Å²) in [6.07, 6.45) is 0. The van der Waals surface area contributed by atoms with Crippen LogP contribution in [0.2, 0.25) is 0 Å². The maximum absolute atomic E-state index is 12.5. The Morgan fingerprint density at radius 2 is 2.04 bits per heavy atom. The fourth-order valence-corrected chi connectivity index (χ4v) is 2.43. The number of aromatic nitrogens is 1. The zero-order valence-corrected chi connectivity index (χ0v) is 14.2. The monoisotopic (exact) mass is 356 g/mol. The minimum Gasteiger partial charge on any atom is -0.380 e. The third-order valence-corrected chi connectivity index (χ3v) is 3.66. The van der Waals surface area contributed by atoms with Gasteiger partial charge in [-0.15, -0.1) is 0 Å². The normalized spacial score (nSPS) is 10.2. The highest BCUT2D eigenvalue weighted by atomic mass is 16.6. The lowest BCUT2D eigenvalue weighted by molar-refractivity contribution is -0.384. The summed E-state index contributed by atoms with van der Waals surface area (Å²) in [6, 6.07) is 8.80. The molecule has 1 N–H and O–H groups in total. The smallest absolute Gasteiger partial charge is 0.269 e. The molecule has 0 radical (unpaired) electrons. The quantitative estimate of drug-likeness (QED) is 0.620. The molecule has 1 aromatic heterocycles. The van der Waals surface area contributed by atoms with E-state index in [0.29, 0.717) is 16.9 Å². The van der Waals surface area contributed by atoms with Crippen molar-refractivity contribution in [2.24, 2.45) is 0 Å². The summed E-state index contributed by atoms with van der Waals surface area (Å²) in [5, 5.41) is 22.4. The van der Waals surface area contributed by atoms with Crippen molar-refractivity contribution in [3.8, 4) is 6.07 Å². The van der Waals surface area contributed by atoms with Crippen LogP contribution in [0.4, 0.5) is 11.4 Å². The van der Waals surface area contributed by atoms with Gasteiger partial charge in [-0.2, -0.15) is 5.26 Å². The number of carbonyl (C=O) groups excluding carboxylic acids is 1. The van der Waals surface area contributed by atoms with Crippen LogP contribution in [0.15, 0.2) is 35.1 Å². The predicted molar refractivity (Wildman–Crippen MR) is 92.6 cm³/mol. The lowest BCUT2D eigenvalue weighted by Gasteiger charge is -2.13. The molecule has 0 saturated carbocycles. The van der Waals surface area contributed by atoms with Gasteiger partial charge in [-0.1, -0.05) is 0 Å². The number of benzene rings is 1. The number of nitrogens with one attached hydrogen (secondary N) is 1. The van der Waals surface area contributed by atoms with Crippen molar-refractivity contribution in [3.05, 3.63) is 67.6 Å². The Morgan fingerprint density at radius 1 is 1.38 bits per heavy atom. The van der Waals surface area contributed by atoms with Crippen LogP contribution in [-0.4, -0.2) is 22.5 Å². The van der Waals surface area contributed by atoms with Gasteiger partial charge in [0.1, 0.15) is 18.2 Å². The van der Waals surface area contributed by atoms with Crippen molar-refractivity contribution in [2.75, 3.05) is 12.4 Å². The number of rotatable bonds is 6. The number of hydrogen-bond acceptors (Lipinski definition) is 6. The maximum Gasteiger partial charge on any atom is 0.269 e. The second-order valence-corrected chi connectivity index (χ2v) is 5.47. The van der Waals surface area contributed by atoms with Crippen molar-refractivity contribution < 1.29 is 14.5 Å². The van der Waals surface area contributed by atoms with E-state index in [1.807, 2.05) is 6.07 Å². The fourth-order valence-electron chi connectivity index (χ4n) is 2.43. The van der Waals surface area contributed by atoms with E-state index < -0.39 is 16.4 Å². The van der Waals surface area contributed by atoms with E-state index in [9.17, 15) is 25.0 Å². The van der Waals surface area contributed by atoms with Crippen LogP contribution >= 0.6 is 0 Å². The van der Waals surface area contributed by atoms with Gasteiger partial charge in [-0.3, -0.25) is 19.7 Å². The first kappa shape index (κ1) is 18.8. The predicted octanol–water partition coefficient (Wildman–Crippen LogP) is 1.72. The van der Waals surface area contributed by atoms with Gasteiger partial charge in [0.25, 0.3) is 11.2 Å². The molecule has 1 aromatic carbocycles. The van der Waals surface area contributed by atoms with Crippen LogP contribution < -0.4 is 10.9 Å². The molecule has 0 fully saturated rings. The van der Waals surface area contributed by atoms with Crippen molar-refractivity contribution in [1.29, 1.82) is 5.26 Å². The molecule has 134 valence electrons. The molecule has 1 heterocycles. The Kier molecular flexibility index (Phi) is 5.82. The topological polar surface area (TPSA) is 127 Å². The Hall–Kier alpha value is -3.51. The maximum atomic E-state index is 12.5. The largest absolute Gasteiger partial charge is 0.380 e. The van der Waals surface area contributed by atoms with E-state index in [-0.39, 0.29) is 24.4 Å². The zero-order chi connectivity index (χ0) is 19.3. The average molecular weight is 356 g/mol. The van der Waals surface area contributed by atoms with E-state index in [0.717, 1.165) is 0 Å². The summed E-state index contributed by atoms with van der Waals surface area (Å²) in [5.41, 5.74) is 0.605. The number of anilines is 1. The fraction of sp³-hybridized carbons (Fsp3) is 0.235. The van der Waals surface area contributed by atoms with Crippen LogP contribution in [0.1, 0.15) is 16.8 Å². The van der Waals surface area contributed by atoms with Crippen molar-refractivity contribution in [1.82, 2.24) is 4.57 Å². The number of carbonyl (C=O) groups is 1. The molecule has 2 rings (SSSR count). The molecular weight excluding hydrogens is 340 g/mol. The summed E-state index contributed by atoms with van der Waals surface area (Å²) in [7, 11) is 1.46. The van der Waals surface area contributed by atoms with E-state index in [2.05, 4.69) is 5.32 Å². The summed E-state index contributed by atoms with van der Waals surface area (Å²) in [6.45, 7) is 1.49. The molecule has 9 nitrogen and oxygen atoms in total. The van der Waals surface area contributed by atoms with Crippen LogP contribution in [0.5, 0.6) is 0 Å². The minimum atomic E-state index is -0.571. The number of amides is 1. The van der Waals surface area contributed by atoms with Crippen LogP contribution in [0.3, 0.4) is 0 Å². The molecule has 0 aliphatic heterocycles. The second kappa shape index (κ2) is 8.04. The molecule has 26 heavy (non-hydrogen) atoms. The van der Waals surface area contributed by atoms with Gasteiger partial charge >= 0.3 is 0 Å². The number of nitro groups is 1. The van der Waals surface area contributed by atoms with Gasteiger partial charge < -0.3 is 14.6 Å². The summed E-state index contributed by atoms with van der Waals surface area (Å²) >= 11 is 0. The molecule has 0 atom stereocenters. The van der Waals surface area contributed by atoms with Gasteiger partial charge in [0.15, 0.2) is 0 Å². The highest BCUT2D eigenvalue weighted by molar-refractivity contribution is 5.90. The van der Waals surface area contributed by atoms with Gasteiger partial charge in [0.05, 0.1) is 11.5 Å². The number of nitro benzene ring substituents is 1. The van der Waals surface area contributed by atoms with E-state index in [1.54, 1.807) is 13.0 Å². The SMILES string of the molecule is COCc1cc(C)n(CC(=O)Nc2ccc([N+](=O)[O-])cc2)c(=O)c1C#N. The van der Waals surface area contributed by atoms with Crippen LogP contribution in [-0.2, 0) is 22.7 Å². The first-order valence-electron chi connectivity index (χ1n) is 7.54. The molecule has 0 aliphatic carbocycles. The van der Waals surface area contributed by atoms with Gasteiger partial charge in [0.2, 0.25) is 5.91 Å². The minimum absolute atomic E-state index is 0.0689. The molecule has 0 aliphatic rings. The Bertz CT molecular complexity index is 941. The number of pyridine rings is 1. The van der Waals surface area contributed by atoms with Gasteiger partial charge in [-0.25, -0.2) is 0 Å². The highest BCUT2D eigenvalue weighted by Gasteiger charge is 2.15. The molecule has 1 amide bonds. The number of methoxy groups -OCH3 is 1. The van der Waals surface area contributed by atoms with Crippen LogP contribution in [0, 0.1) is 28.4 Å². The summed E-state index contributed by atoms with van der Waals surface area (Å²) in [5.74, 6) is -0.493. The van der Waals surface area contributed by atoms with E-state index in [1.165, 1.54) is 35.9 Å². The highest BCUT2D eigenvalue weighted by Crippen LogP contribution is 2.15. The standard InChI is InChI=1S/C17H16N4O5/c1-11-7-12(10-26-2)15(8-18)17(23)20(11)9-16(22)19-13-3-5-14(6-4-13)21(24)25/h3-7H,9-10H2,1-2H3,(H,19,22). The van der Waals surface area contributed by atoms with E-state index in [4.69, 9.17) is 4.74 Å². The summed E-state index contributed by atoms with van der Waals surface area (Å²) in [4.78, 5) is 34.7. The Balaban J connectivity index is 2.22. The van der Waals surface area contributed by atoms with Gasteiger partial charge in [0, 0.05) is 36.2 Å². The Morgan fingerprint density at radius 3 is 2.58 bits per heavy atom. The molecule has 2 aromatic rings. The lowest BCUT2D eigenvalue weighted by Crippen LogP contribution is -2.31. The molecule has 0 spiro atoms. The first-order chi connectivity index (χ1) is 12.4. The number of nitrogens with zero attached hydrogens (tertiary/aromatic N) is 3. The third-order valence-electron chi connectivity index (χ3n) is 3.66. The average Bonchev–Trinajstić information content (AvgIpc) is 2.59. The van der Waals surface area contributed by atoms with Gasteiger partial charge in [-0.05, 0) is 25.1 Å². The van der Waals surface area contributed by atoms with Crippen molar-refractivity contribution in [3.63, 3.8) is 0 Å². The number of ether oxygens (including phenoxy) is 1. The molecule has 0 saturated heterocycles. The van der Waals surface area contributed by atoms with Crippen molar-refractivity contribution >= 4 is 17.3 Å². The van der Waals surface area contributed by atoms with Crippen molar-refractivity contribution in [2.45, 2.75) is 20.1 Å².